The molecule has 0 aliphatic rings. The van der Waals surface area contributed by atoms with Gasteiger partial charge in [0.25, 0.3) is 0 Å². The van der Waals surface area contributed by atoms with Crippen LogP contribution in [0.15, 0.2) is 36.7 Å². The number of carbonyl (C=O) groups is 1. The van der Waals surface area contributed by atoms with Crippen LogP contribution in [-0.2, 0) is 24.1 Å². The lowest BCUT2D eigenvalue weighted by Gasteiger charge is -2.22. The van der Waals surface area contributed by atoms with Crippen LogP contribution in [0, 0.1) is 5.92 Å². The van der Waals surface area contributed by atoms with Gasteiger partial charge in [0.2, 0.25) is 5.91 Å². The molecule has 142 valence electrons. The number of hydrogen-bond donors (Lipinski definition) is 0. The van der Waals surface area contributed by atoms with Gasteiger partial charge in [-0.1, -0.05) is 32.0 Å². The standard InChI is InChI=1S/C19H24F3N3O/c1-4-24(18(26)11-14(2)3)13-17-23-9-10-25(17)12-15-7-5-6-8-16(15)19(20,21)22/h5-10,14H,4,11-13H2,1-3H3. The van der Waals surface area contributed by atoms with Crippen molar-refractivity contribution in [1.29, 1.82) is 0 Å². The molecule has 0 radical (unpaired) electrons. The highest BCUT2D eigenvalue weighted by atomic mass is 19.4. The minimum absolute atomic E-state index is 0.0211. The number of benzene rings is 1. The summed E-state index contributed by atoms with van der Waals surface area (Å²) in [4.78, 5) is 18.2. The van der Waals surface area contributed by atoms with Crippen LogP contribution in [0.3, 0.4) is 0 Å². The van der Waals surface area contributed by atoms with Crippen molar-refractivity contribution in [3.8, 4) is 0 Å². The number of aromatic nitrogens is 2. The Morgan fingerprint density at radius 3 is 2.58 bits per heavy atom. The topological polar surface area (TPSA) is 38.1 Å². The summed E-state index contributed by atoms with van der Waals surface area (Å²) in [6, 6.07) is 5.51. The highest BCUT2D eigenvalue weighted by Gasteiger charge is 2.33. The van der Waals surface area contributed by atoms with Crippen molar-refractivity contribution in [1.82, 2.24) is 14.5 Å². The number of imidazole rings is 1. The number of halogens is 3. The van der Waals surface area contributed by atoms with E-state index in [1.165, 1.54) is 12.1 Å². The zero-order valence-electron chi connectivity index (χ0n) is 15.3. The molecule has 1 aromatic carbocycles. The normalized spacial score (nSPS) is 11.8. The number of nitrogens with zero attached hydrogens (tertiary/aromatic N) is 3. The first-order valence-electron chi connectivity index (χ1n) is 8.65. The molecule has 4 nitrogen and oxygen atoms in total. The molecule has 1 amide bonds. The molecule has 0 atom stereocenters. The third-order valence-electron chi connectivity index (χ3n) is 4.11. The molecule has 0 aliphatic heterocycles. The molecule has 1 aromatic heterocycles. The van der Waals surface area contributed by atoms with Crippen molar-refractivity contribution in [3.05, 3.63) is 53.6 Å². The highest BCUT2D eigenvalue weighted by molar-refractivity contribution is 5.76. The lowest BCUT2D eigenvalue weighted by atomic mass is 10.1. The summed E-state index contributed by atoms with van der Waals surface area (Å²) in [7, 11) is 0. The molecule has 0 saturated carbocycles. The molecule has 0 fully saturated rings. The molecule has 2 aromatic rings. The second kappa shape index (κ2) is 8.38. The Bertz CT molecular complexity index is 738. The van der Waals surface area contributed by atoms with Gasteiger partial charge < -0.3 is 9.47 Å². The van der Waals surface area contributed by atoms with Crippen LogP contribution in [0.25, 0.3) is 0 Å². The van der Waals surface area contributed by atoms with E-state index in [1.54, 1.807) is 27.9 Å². The van der Waals surface area contributed by atoms with E-state index in [-0.39, 0.29) is 30.5 Å². The average molecular weight is 367 g/mol. The van der Waals surface area contributed by atoms with Gasteiger partial charge in [0.1, 0.15) is 5.82 Å². The van der Waals surface area contributed by atoms with Gasteiger partial charge in [0, 0.05) is 31.9 Å². The summed E-state index contributed by atoms with van der Waals surface area (Å²) in [6.45, 7) is 6.69. The zero-order chi connectivity index (χ0) is 19.3. The molecule has 0 spiro atoms. The van der Waals surface area contributed by atoms with E-state index in [0.29, 0.717) is 18.8 Å². The van der Waals surface area contributed by atoms with Crippen LogP contribution < -0.4 is 0 Å². The van der Waals surface area contributed by atoms with E-state index < -0.39 is 11.7 Å². The maximum Gasteiger partial charge on any atom is 0.416 e. The average Bonchev–Trinajstić information content (AvgIpc) is 2.98. The zero-order valence-corrected chi connectivity index (χ0v) is 15.3. The first kappa shape index (κ1) is 20.0. The monoisotopic (exact) mass is 367 g/mol. The SMILES string of the molecule is CCN(Cc1nccn1Cc1ccccc1C(F)(F)F)C(=O)CC(C)C. The molecule has 1 heterocycles. The minimum Gasteiger partial charge on any atom is -0.335 e. The minimum atomic E-state index is -4.40. The summed E-state index contributed by atoms with van der Waals surface area (Å²) in [6.07, 6.45) is -0.777. The summed E-state index contributed by atoms with van der Waals surface area (Å²) in [5, 5.41) is 0. The fourth-order valence-corrected chi connectivity index (χ4v) is 2.78. The highest BCUT2D eigenvalue weighted by Crippen LogP contribution is 2.32. The fourth-order valence-electron chi connectivity index (χ4n) is 2.78. The number of alkyl halides is 3. The van der Waals surface area contributed by atoms with Crippen LogP contribution in [0.1, 0.15) is 44.1 Å². The number of rotatable bonds is 7. The van der Waals surface area contributed by atoms with Gasteiger partial charge in [-0.15, -0.1) is 0 Å². The Morgan fingerprint density at radius 2 is 1.96 bits per heavy atom. The summed E-state index contributed by atoms with van der Waals surface area (Å²) < 4.78 is 41.2. The summed E-state index contributed by atoms with van der Waals surface area (Å²) in [5.74, 6) is 0.837. The van der Waals surface area contributed by atoms with Gasteiger partial charge in [-0.3, -0.25) is 4.79 Å². The maximum atomic E-state index is 13.2. The molecule has 0 saturated heterocycles. The third kappa shape index (κ3) is 5.09. The quantitative estimate of drug-likeness (QED) is 0.730. The predicted molar refractivity (Wildman–Crippen MR) is 93.3 cm³/mol. The Labute approximate surface area is 151 Å². The van der Waals surface area contributed by atoms with Gasteiger partial charge in [-0.2, -0.15) is 13.2 Å². The van der Waals surface area contributed by atoms with Gasteiger partial charge in [0.15, 0.2) is 0 Å². The lowest BCUT2D eigenvalue weighted by molar-refractivity contribution is -0.138. The van der Waals surface area contributed by atoms with E-state index in [2.05, 4.69) is 4.98 Å². The second-order valence-corrected chi connectivity index (χ2v) is 6.63. The van der Waals surface area contributed by atoms with E-state index in [4.69, 9.17) is 0 Å². The second-order valence-electron chi connectivity index (χ2n) is 6.63. The van der Waals surface area contributed by atoms with E-state index in [1.807, 2.05) is 20.8 Å². The Hall–Kier alpha value is -2.31. The van der Waals surface area contributed by atoms with Crippen molar-refractivity contribution in [3.63, 3.8) is 0 Å². The molecule has 0 aliphatic carbocycles. The van der Waals surface area contributed by atoms with E-state index in [0.717, 1.165) is 6.07 Å². The van der Waals surface area contributed by atoms with Gasteiger partial charge >= 0.3 is 6.18 Å². The Morgan fingerprint density at radius 1 is 1.27 bits per heavy atom. The van der Waals surface area contributed by atoms with Gasteiger partial charge in [-0.05, 0) is 24.5 Å². The lowest BCUT2D eigenvalue weighted by Crippen LogP contribution is -2.32. The Balaban J connectivity index is 2.20. The fraction of sp³-hybridized carbons (Fsp3) is 0.474. The van der Waals surface area contributed by atoms with Crippen LogP contribution in [0.4, 0.5) is 13.2 Å². The maximum absolute atomic E-state index is 13.2. The third-order valence-corrected chi connectivity index (χ3v) is 4.11. The predicted octanol–water partition coefficient (Wildman–Crippen LogP) is 4.34. The molecular formula is C19H24F3N3O. The molecule has 0 unspecified atom stereocenters. The van der Waals surface area contributed by atoms with E-state index in [9.17, 15) is 18.0 Å². The first-order chi connectivity index (χ1) is 12.2. The van der Waals surface area contributed by atoms with Crippen LogP contribution in [0.5, 0.6) is 0 Å². The number of amides is 1. The largest absolute Gasteiger partial charge is 0.416 e. The van der Waals surface area contributed by atoms with Crippen molar-refractivity contribution >= 4 is 5.91 Å². The molecule has 0 N–H and O–H groups in total. The van der Waals surface area contributed by atoms with Gasteiger partial charge in [-0.25, -0.2) is 4.98 Å². The van der Waals surface area contributed by atoms with Crippen LogP contribution >= 0.6 is 0 Å². The summed E-state index contributed by atoms with van der Waals surface area (Å²) in [5.41, 5.74) is -0.473. The van der Waals surface area contributed by atoms with Crippen LogP contribution in [-0.4, -0.2) is 26.9 Å². The smallest absolute Gasteiger partial charge is 0.335 e. The molecule has 0 bridgehead atoms. The Kier molecular flexibility index (Phi) is 6.45. The van der Waals surface area contributed by atoms with Crippen molar-refractivity contribution in [2.45, 2.75) is 46.5 Å². The number of hydrogen-bond acceptors (Lipinski definition) is 2. The van der Waals surface area contributed by atoms with Crippen molar-refractivity contribution < 1.29 is 18.0 Å². The summed E-state index contributed by atoms with van der Waals surface area (Å²) >= 11 is 0. The molecular weight excluding hydrogens is 343 g/mol. The van der Waals surface area contributed by atoms with Crippen LogP contribution in [0.2, 0.25) is 0 Å². The van der Waals surface area contributed by atoms with Crippen molar-refractivity contribution in [2.75, 3.05) is 6.54 Å². The molecule has 26 heavy (non-hydrogen) atoms. The molecule has 2 rings (SSSR count). The van der Waals surface area contributed by atoms with Gasteiger partial charge in [0.05, 0.1) is 12.1 Å². The number of carbonyl (C=O) groups excluding carboxylic acids is 1. The van der Waals surface area contributed by atoms with E-state index >= 15 is 0 Å². The first-order valence-corrected chi connectivity index (χ1v) is 8.65. The van der Waals surface area contributed by atoms with Crippen molar-refractivity contribution in [2.24, 2.45) is 5.92 Å². The molecule has 7 heteroatoms.